The van der Waals surface area contributed by atoms with Crippen molar-refractivity contribution in [2.45, 2.75) is 18.1 Å². The van der Waals surface area contributed by atoms with E-state index in [4.69, 9.17) is 0 Å². The van der Waals surface area contributed by atoms with E-state index < -0.39 is 10.0 Å². The van der Waals surface area contributed by atoms with Gasteiger partial charge >= 0.3 is 0 Å². The molecule has 5 nitrogen and oxygen atoms in total. The van der Waals surface area contributed by atoms with E-state index in [1.54, 1.807) is 12.3 Å². The molecule has 2 heterocycles. The minimum Gasteiger partial charge on any atom is -0.316 e. The SMILES string of the molecule is CNCc1ccc(S(=O)(=O)NCc2sccc2Br)nc1. The molecule has 0 aromatic carbocycles. The van der Waals surface area contributed by atoms with Crippen molar-refractivity contribution in [1.29, 1.82) is 0 Å². The average Bonchev–Trinajstić information content (AvgIpc) is 2.83. The third-order valence-corrected chi connectivity index (χ3v) is 5.81. The van der Waals surface area contributed by atoms with Crippen LogP contribution in [-0.4, -0.2) is 20.4 Å². The second kappa shape index (κ2) is 6.77. The lowest BCUT2D eigenvalue weighted by molar-refractivity contribution is 0.577. The van der Waals surface area contributed by atoms with E-state index in [0.717, 1.165) is 14.9 Å². The van der Waals surface area contributed by atoms with Gasteiger partial charge in [-0.05, 0) is 46.1 Å². The van der Waals surface area contributed by atoms with Crippen molar-refractivity contribution in [3.63, 3.8) is 0 Å². The molecule has 0 aliphatic carbocycles. The van der Waals surface area contributed by atoms with Crippen LogP contribution in [0.5, 0.6) is 0 Å². The predicted molar refractivity (Wildman–Crippen MR) is 83.0 cm³/mol. The Hall–Kier alpha value is -0.800. The number of pyridine rings is 1. The molecule has 0 aliphatic rings. The molecule has 8 heteroatoms. The Morgan fingerprint density at radius 3 is 2.65 bits per heavy atom. The van der Waals surface area contributed by atoms with Gasteiger partial charge in [-0.25, -0.2) is 18.1 Å². The third-order valence-electron chi connectivity index (χ3n) is 2.57. The van der Waals surface area contributed by atoms with Gasteiger partial charge < -0.3 is 5.32 Å². The molecule has 2 aromatic heterocycles. The molecule has 108 valence electrons. The highest BCUT2D eigenvalue weighted by molar-refractivity contribution is 9.10. The fourth-order valence-corrected chi connectivity index (χ4v) is 4.01. The van der Waals surface area contributed by atoms with Gasteiger partial charge in [0.2, 0.25) is 0 Å². The van der Waals surface area contributed by atoms with Crippen molar-refractivity contribution in [1.82, 2.24) is 15.0 Å². The topological polar surface area (TPSA) is 71.1 Å². The summed E-state index contributed by atoms with van der Waals surface area (Å²) in [5, 5.41) is 4.92. The first-order chi connectivity index (χ1) is 9.53. The van der Waals surface area contributed by atoms with E-state index in [-0.39, 0.29) is 11.6 Å². The minimum atomic E-state index is -3.58. The van der Waals surface area contributed by atoms with Gasteiger partial charge in [-0.3, -0.25) is 0 Å². The fourth-order valence-electron chi connectivity index (χ4n) is 1.56. The minimum absolute atomic E-state index is 0.0324. The van der Waals surface area contributed by atoms with Crippen LogP contribution in [0.2, 0.25) is 0 Å². The lowest BCUT2D eigenvalue weighted by Gasteiger charge is -2.06. The van der Waals surface area contributed by atoms with Crippen molar-refractivity contribution < 1.29 is 8.42 Å². The number of hydrogen-bond acceptors (Lipinski definition) is 5. The van der Waals surface area contributed by atoms with Crippen LogP contribution in [0, 0.1) is 0 Å². The number of nitrogens with zero attached hydrogens (tertiary/aromatic N) is 1. The van der Waals surface area contributed by atoms with Gasteiger partial charge in [0, 0.05) is 28.6 Å². The van der Waals surface area contributed by atoms with E-state index in [0.29, 0.717) is 6.54 Å². The molecule has 0 radical (unpaired) electrons. The zero-order valence-electron chi connectivity index (χ0n) is 10.8. The highest BCUT2D eigenvalue weighted by Crippen LogP contribution is 2.22. The smallest absolute Gasteiger partial charge is 0.258 e. The maximum atomic E-state index is 12.1. The summed E-state index contributed by atoms with van der Waals surface area (Å²) < 4.78 is 27.7. The van der Waals surface area contributed by atoms with Crippen LogP contribution in [0.15, 0.2) is 39.3 Å². The first-order valence-electron chi connectivity index (χ1n) is 5.84. The van der Waals surface area contributed by atoms with Crippen LogP contribution >= 0.6 is 27.3 Å². The lowest BCUT2D eigenvalue weighted by atomic mass is 10.3. The average molecular weight is 376 g/mol. The Morgan fingerprint density at radius 1 is 1.30 bits per heavy atom. The van der Waals surface area contributed by atoms with E-state index in [1.807, 2.05) is 18.5 Å². The Kier molecular flexibility index (Phi) is 5.28. The molecule has 0 saturated heterocycles. The third kappa shape index (κ3) is 3.86. The number of aromatic nitrogens is 1. The molecule has 2 rings (SSSR count). The Balaban J connectivity index is 2.08. The second-order valence-corrected chi connectivity index (χ2v) is 7.62. The first kappa shape index (κ1) is 15.6. The van der Waals surface area contributed by atoms with Crippen molar-refractivity contribution in [3.05, 3.63) is 44.7 Å². The van der Waals surface area contributed by atoms with Crippen molar-refractivity contribution in [2.75, 3.05) is 7.05 Å². The zero-order chi connectivity index (χ0) is 14.6. The van der Waals surface area contributed by atoms with Crippen LogP contribution in [0.3, 0.4) is 0 Å². The van der Waals surface area contributed by atoms with Gasteiger partial charge in [-0.1, -0.05) is 6.07 Å². The van der Waals surface area contributed by atoms with Gasteiger partial charge in [-0.2, -0.15) is 0 Å². The summed E-state index contributed by atoms with van der Waals surface area (Å²) in [7, 11) is -1.76. The molecule has 2 aromatic rings. The fraction of sp³-hybridized carbons (Fsp3) is 0.250. The standard InChI is InChI=1S/C12H14BrN3O2S2/c1-14-6-9-2-3-12(15-7-9)20(17,18)16-8-11-10(13)4-5-19-11/h2-5,7,14,16H,6,8H2,1H3. The molecule has 0 spiro atoms. The molecule has 0 bridgehead atoms. The number of sulfonamides is 1. The van der Waals surface area contributed by atoms with E-state index in [9.17, 15) is 8.42 Å². The van der Waals surface area contributed by atoms with Gasteiger partial charge in [0.1, 0.15) is 0 Å². The quantitative estimate of drug-likeness (QED) is 0.810. The van der Waals surface area contributed by atoms with E-state index in [1.165, 1.54) is 17.4 Å². The summed E-state index contributed by atoms with van der Waals surface area (Å²) in [6.45, 7) is 0.906. The van der Waals surface area contributed by atoms with Crippen LogP contribution < -0.4 is 10.0 Å². The Bertz CT molecular complexity index is 668. The summed E-state index contributed by atoms with van der Waals surface area (Å²) in [4.78, 5) is 4.92. The highest BCUT2D eigenvalue weighted by atomic mass is 79.9. The Morgan fingerprint density at radius 2 is 2.10 bits per heavy atom. The van der Waals surface area contributed by atoms with Gasteiger partial charge in [-0.15, -0.1) is 11.3 Å². The molecule has 0 atom stereocenters. The monoisotopic (exact) mass is 375 g/mol. The summed E-state index contributed by atoms with van der Waals surface area (Å²) >= 11 is 4.86. The lowest BCUT2D eigenvalue weighted by Crippen LogP contribution is -2.24. The Labute approximate surface area is 130 Å². The second-order valence-electron chi connectivity index (χ2n) is 4.05. The molecule has 20 heavy (non-hydrogen) atoms. The summed E-state index contributed by atoms with van der Waals surface area (Å²) in [5.41, 5.74) is 0.937. The molecular weight excluding hydrogens is 362 g/mol. The maximum Gasteiger partial charge on any atom is 0.258 e. The van der Waals surface area contributed by atoms with Crippen LogP contribution in [0.1, 0.15) is 10.4 Å². The number of hydrogen-bond donors (Lipinski definition) is 2. The van der Waals surface area contributed by atoms with Crippen LogP contribution in [0.4, 0.5) is 0 Å². The van der Waals surface area contributed by atoms with Crippen molar-refractivity contribution in [3.8, 4) is 0 Å². The largest absolute Gasteiger partial charge is 0.316 e. The first-order valence-corrected chi connectivity index (χ1v) is 8.99. The highest BCUT2D eigenvalue weighted by Gasteiger charge is 2.16. The molecular formula is C12H14BrN3O2S2. The number of thiophene rings is 1. The molecule has 0 unspecified atom stereocenters. The van der Waals surface area contributed by atoms with Gasteiger partial charge in [0.15, 0.2) is 5.03 Å². The molecule has 2 N–H and O–H groups in total. The summed E-state index contributed by atoms with van der Waals surface area (Å²) in [6, 6.07) is 5.15. The van der Waals surface area contributed by atoms with Crippen LogP contribution in [0.25, 0.3) is 0 Å². The van der Waals surface area contributed by atoms with Crippen LogP contribution in [-0.2, 0) is 23.1 Å². The number of halogens is 1. The normalized spacial score (nSPS) is 11.7. The van der Waals surface area contributed by atoms with E-state index in [2.05, 4.69) is 31.0 Å². The molecule has 0 aliphatic heterocycles. The zero-order valence-corrected chi connectivity index (χ0v) is 14.0. The van der Waals surface area contributed by atoms with Crippen molar-refractivity contribution >= 4 is 37.3 Å². The number of rotatable bonds is 6. The van der Waals surface area contributed by atoms with Gasteiger partial charge in [0.25, 0.3) is 10.0 Å². The summed E-state index contributed by atoms with van der Waals surface area (Å²) in [6.07, 6.45) is 1.56. The van der Waals surface area contributed by atoms with E-state index >= 15 is 0 Å². The number of nitrogens with one attached hydrogen (secondary N) is 2. The van der Waals surface area contributed by atoms with Gasteiger partial charge in [0.05, 0.1) is 0 Å². The maximum absolute atomic E-state index is 12.1. The summed E-state index contributed by atoms with van der Waals surface area (Å²) in [5.74, 6) is 0. The molecule has 0 saturated carbocycles. The molecule has 0 amide bonds. The van der Waals surface area contributed by atoms with Crippen molar-refractivity contribution in [2.24, 2.45) is 0 Å². The molecule has 0 fully saturated rings. The predicted octanol–water partition coefficient (Wildman–Crippen LogP) is 2.10.